The summed E-state index contributed by atoms with van der Waals surface area (Å²) in [7, 11) is 3.27. The average molecular weight is 166 g/mol. The van der Waals surface area contributed by atoms with Crippen molar-refractivity contribution >= 4 is 11.6 Å². The van der Waals surface area contributed by atoms with E-state index in [4.69, 9.17) is 0 Å². The summed E-state index contributed by atoms with van der Waals surface area (Å²) in [6, 6.07) is 0. The van der Waals surface area contributed by atoms with Gasteiger partial charge in [0.15, 0.2) is 0 Å². The van der Waals surface area contributed by atoms with Gasteiger partial charge in [-0.3, -0.25) is 9.79 Å². The molecule has 0 bridgehead atoms. The molecule has 0 heterocycles. The van der Waals surface area contributed by atoms with Crippen molar-refractivity contribution in [3.63, 3.8) is 0 Å². The third-order valence-corrected chi connectivity index (χ3v) is 1.40. The fourth-order valence-electron chi connectivity index (χ4n) is 0.532. The topological polar surface area (TPSA) is 41.5 Å². The molecule has 0 aromatic carbocycles. The predicted octanol–water partition coefficient (Wildman–Crippen LogP) is 0.935. The van der Waals surface area contributed by atoms with Crippen LogP contribution in [0.1, 0.15) is 6.92 Å². The van der Waals surface area contributed by atoms with Crippen LogP contribution in [0.2, 0.25) is 0 Å². The van der Waals surface area contributed by atoms with Gasteiger partial charge < -0.3 is 5.32 Å². The van der Waals surface area contributed by atoms with Crippen LogP contribution in [0, 0.1) is 0 Å². The Hall–Kier alpha value is -1.38. The Morgan fingerprint density at radius 3 is 2.50 bits per heavy atom. The fraction of sp³-hybridized carbons (Fsp3) is 0.333. The van der Waals surface area contributed by atoms with Crippen LogP contribution in [0.5, 0.6) is 0 Å². The minimum absolute atomic E-state index is 0.171. The first-order valence-electron chi connectivity index (χ1n) is 3.64. The molecule has 0 aliphatic rings. The van der Waals surface area contributed by atoms with Gasteiger partial charge in [0.2, 0.25) is 5.91 Å². The highest BCUT2D eigenvalue weighted by atomic mass is 16.1. The van der Waals surface area contributed by atoms with Gasteiger partial charge in [-0.2, -0.15) is 0 Å². The minimum Gasteiger partial charge on any atom is -0.355 e. The molecule has 0 fully saturated rings. The van der Waals surface area contributed by atoms with E-state index in [1.807, 2.05) is 6.92 Å². The quantitative estimate of drug-likeness (QED) is 0.378. The van der Waals surface area contributed by atoms with Gasteiger partial charge >= 0.3 is 0 Å². The standard InChI is InChI=1S/C9H14N2O/c1-7(9(12)11-4)5-6-8(2)10-3/h5-6H,1H2,2-4H3,(H,11,12)/b6-5-,10-8?. The third kappa shape index (κ3) is 3.71. The number of carbonyl (C=O) groups excluding carboxylic acids is 1. The van der Waals surface area contributed by atoms with Gasteiger partial charge in [-0.15, -0.1) is 0 Å². The fourth-order valence-corrected chi connectivity index (χ4v) is 0.532. The van der Waals surface area contributed by atoms with Gasteiger partial charge in [0.25, 0.3) is 0 Å². The Morgan fingerprint density at radius 1 is 1.50 bits per heavy atom. The van der Waals surface area contributed by atoms with Crippen LogP contribution < -0.4 is 5.32 Å². The zero-order valence-electron chi connectivity index (χ0n) is 7.72. The van der Waals surface area contributed by atoms with Gasteiger partial charge in [0.1, 0.15) is 0 Å². The molecule has 0 unspecified atom stereocenters. The summed E-state index contributed by atoms with van der Waals surface area (Å²) in [6.45, 7) is 5.43. The number of allylic oxidation sites excluding steroid dienone is 1. The number of carbonyl (C=O) groups is 1. The van der Waals surface area contributed by atoms with Crippen LogP contribution in [0.3, 0.4) is 0 Å². The first-order valence-corrected chi connectivity index (χ1v) is 3.64. The molecule has 0 aromatic rings. The van der Waals surface area contributed by atoms with Crippen molar-refractivity contribution in [3.05, 3.63) is 24.3 Å². The van der Waals surface area contributed by atoms with Gasteiger partial charge in [-0.25, -0.2) is 0 Å². The highest BCUT2D eigenvalue weighted by Gasteiger charge is 1.97. The lowest BCUT2D eigenvalue weighted by molar-refractivity contribution is -0.116. The molecule has 0 atom stereocenters. The molecule has 0 spiro atoms. The number of rotatable bonds is 3. The highest BCUT2D eigenvalue weighted by Crippen LogP contribution is 1.92. The molecule has 0 rings (SSSR count). The smallest absolute Gasteiger partial charge is 0.250 e. The molecule has 0 saturated heterocycles. The molecular weight excluding hydrogens is 152 g/mol. The number of aliphatic imine (C=N–C) groups is 1. The van der Waals surface area contributed by atoms with Crippen LogP contribution in [-0.2, 0) is 4.79 Å². The number of nitrogens with one attached hydrogen (secondary N) is 1. The monoisotopic (exact) mass is 166 g/mol. The molecule has 0 saturated carbocycles. The molecule has 3 nitrogen and oxygen atoms in total. The van der Waals surface area contributed by atoms with Crippen LogP contribution in [-0.4, -0.2) is 25.7 Å². The molecule has 1 amide bonds. The SMILES string of the molecule is C=C(/C=C\C(C)=NC)C(=O)NC. The van der Waals surface area contributed by atoms with E-state index in [-0.39, 0.29) is 5.91 Å². The zero-order chi connectivity index (χ0) is 9.56. The average Bonchev–Trinajstić information content (AvgIpc) is 2.11. The van der Waals surface area contributed by atoms with Gasteiger partial charge in [-0.05, 0) is 19.1 Å². The van der Waals surface area contributed by atoms with Crippen molar-refractivity contribution in [1.29, 1.82) is 0 Å². The van der Waals surface area contributed by atoms with E-state index < -0.39 is 0 Å². The third-order valence-electron chi connectivity index (χ3n) is 1.40. The van der Waals surface area contributed by atoms with Gasteiger partial charge in [0, 0.05) is 25.4 Å². The maximum atomic E-state index is 10.9. The lowest BCUT2D eigenvalue weighted by Crippen LogP contribution is -2.18. The van der Waals surface area contributed by atoms with E-state index in [0.29, 0.717) is 5.57 Å². The van der Waals surface area contributed by atoms with E-state index in [1.165, 1.54) is 0 Å². The Balaban J connectivity index is 4.18. The van der Waals surface area contributed by atoms with Crippen molar-refractivity contribution in [1.82, 2.24) is 5.32 Å². The van der Waals surface area contributed by atoms with Crippen molar-refractivity contribution in [2.75, 3.05) is 14.1 Å². The van der Waals surface area contributed by atoms with E-state index in [9.17, 15) is 4.79 Å². The number of nitrogens with zero attached hydrogens (tertiary/aromatic N) is 1. The van der Waals surface area contributed by atoms with E-state index in [1.54, 1.807) is 26.2 Å². The second-order valence-electron chi connectivity index (χ2n) is 2.30. The molecule has 3 heteroatoms. The van der Waals surface area contributed by atoms with Crippen molar-refractivity contribution < 1.29 is 4.79 Å². The van der Waals surface area contributed by atoms with E-state index in [0.717, 1.165) is 5.71 Å². The predicted molar refractivity (Wildman–Crippen MR) is 51.4 cm³/mol. The summed E-state index contributed by atoms with van der Waals surface area (Å²) in [5.41, 5.74) is 1.29. The Kier molecular flexibility index (Phi) is 4.69. The van der Waals surface area contributed by atoms with Gasteiger partial charge in [-0.1, -0.05) is 6.58 Å². The van der Waals surface area contributed by atoms with Crippen molar-refractivity contribution in [2.45, 2.75) is 6.92 Å². The number of hydrogen-bond donors (Lipinski definition) is 1. The summed E-state index contributed by atoms with van der Waals surface area (Å²) in [6.07, 6.45) is 3.39. The maximum absolute atomic E-state index is 10.9. The minimum atomic E-state index is -0.171. The molecule has 0 aromatic heterocycles. The maximum Gasteiger partial charge on any atom is 0.250 e. The molecule has 0 radical (unpaired) electrons. The second-order valence-corrected chi connectivity index (χ2v) is 2.30. The van der Waals surface area contributed by atoms with Crippen LogP contribution >= 0.6 is 0 Å². The Morgan fingerprint density at radius 2 is 2.08 bits per heavy atom. The van der Waals surface area contributed by atoms with Gasteiger partial charge in [0.05, 0.1) is 0 Å². The largest absolute Gasteiger partial charge is 0.355 e. The number of amides is 1. The van der Waals surface area contributed by atoms with Crippen LogP contribution in [0.4, 0.5) is 0 Å². The van der Waals surface area contributed by atoms with Crippen LogP contribution in [0.15, 0.2) is 29.3 Å². The summed E-state index contributed by atoms with van der Waals surface area (Å²) >= 11 is 0. The molecule has 66 valence electrons. The lowest BCUT2D eigenvalue weighted by atomic mass is 10.2. The Bertz CT molecular complexity index is 239. The molecule has 12 heavy (non-hydrogen) atoms. The number of hydrogen-bond acceptors (Lipinski definition) is 2. The first kappa shape index (κ1) is 10.6. The second kappa shape index (κ2) is 5.29. The van der Waals surface area contributed by atoms with E-state index >= 15 is 0 Å². The molecule has 0 aliphatic heterocycles. The van der Waals surface area contributed by atoms with Crippen molar-refractivity contribution in [2.24, 2.45) is 4.99 Å². The first-order chi connectivity index (χ1) is 5.61. The molecule has 1 N–H and O–H groups in total. The zero-order valence-corrected chi connectivity index (χ0v) is 7.72. The van der Waals surface area contributed by atoms with Crippen molar-refractivity contribution in [3.8, 4) is 0 Å². The Labute approximate surface area is 72.9 Å². The van der Waals surface area contributed by atoms with E-state index in [2.05, 4.69) is 16.9 Å². The summed E-state index contributed by atoms with van der Waals surface area (Å²) in [5.74, 6) is -0.171. The summed E-state index contributed by atoms with van der Waals surface area (Å²) < 4.78 is 0. The summed E-state index contributed by atoms with van der Waals surface area (Å²) in [5, 5.41) is 2.48. The molecule has 0 aliphatic carbocycles. The highest BCUT2D eigenvalue weighted by molar-refractivity contribution is 5.99. The number of likely N-dealkylation sites (N-methyl/N-ethyl adjacent to an activating group) is 1. The van der Waals surface area contributed by atoms with Crippen LogP contribution in [0.25, 0.3) is 0 Å². The normalized spacial score (nSPS) is 11.8. The lowest BCUT2D eigenvalue weighted by Gasteiger charge is -1.96. The molecular formula is C9H14N2O. The summed E-state index contributed by atoms with van der Waals surface area (Å²) in [4.78, 5) is 14.8.